The highest BCUT2D eigenvalue weighted by atomic mass is 31.2. The second-order valence-electron chi connectivity index (χ2n) is 14.3. The topological polar surface area (TPSA) is 91.3 Å². The molecule has 0 amide bonds. The molecule has 2 unspecified atom stereocenters. The van der Waals surface area contributed by atoms with Crippen molar-refractivity contribution in [2.24, 2.45) is 0 Å². The first-order valence-electron chi connectivity index (χ1n) is 20.0. The molecule has 0 aliphatic heterocycles. The Kier molecular flexibility index (Phi) is 34.0. The molecule has 1 N–H and O–H groups in total. The van der Waals surface area contributed by atoms with Gasteiger partial charge >= 0.3 is 13.8 Å². The van der Waals surface area contributed by atoms with Crippen LogP contribution in [0.2, 0.25) is 0 Å². The maximum absolute atomic E-state index is 12.6. The molecule has 0 aromatic rings. The summed E-state index contributed by atoms with van der Waals surface area (Å²) in [5.41, 5.74) is 0. The summed E-state index contributed by atoms with van der Waals surface area (Å²) < 4.78 is 34.8. The first-order chi connectivity index (χ1) is 24.6. The second kappa shape index (κ2) is 35.2. The Morgan fingerprint density at radius 3 is 1.59 bits per heavy atom. The molecule has 0 aromatic carbocycles. The highest BCUT2D eigenvalue weighted by Crippen LogP contribution is 2.43. The average Bonchev–Trinajstić information content (AvgIpc) is 3.08. The first-order valence-corrected chi connectivity index (χ1v) is 21.5. The van der Waals surface area contributed by atoms with Crippen LogP contribution in [0, 0.1) is 0 Å². The van der Waals surface area contributed by atoms with Crippen molar-refractivity contribution in [2.75, 3.05) is 54.1 Å². The summed E-state index contributed by atoms with van der Waals surface area (Å²) in [6.45, 7) is 5.26. The SMILES string of the molecule is CC/C=C\C/C=C\C/C=C\C/C=C\C/C=C\CCOCC(COP(=O)(O)OCC[N+](C)(C)C)OC(=O)CCCCCCCCCCCCCCC. The Balaban J connectivity index is 4.41. The average molecular weight is 739 g/mol. The highest BCUT2D eigenvalue weighted by Gasteiger charge is 2.26. The van der Waals surface area contributed by atoms with Gasteiger partial charge in [-0.2, -0.15) is 0 Å². The third-order valence-corrected chi connectivity index (χ3v) is 9.10. The molecule has 0 saturated heterocycles. The molecular formula is C42H77NO7P+. The van der Waals surface area contributed by atoms with E-state index in [-0.39, 0.29) is 25.8 Å². The van der Waals surface area contributed by atoms with Gasteiger partial charge in [0.25, 0.3) is 0 Å². The molecule has 0 fully saturated rings. The lowest BCUT2D eigenvalue weighted by molar-refractivity contribution is -0.870. The van der Waals surface area contributed by atoms with E-state index in [1.807, 2.05) is 21.1 Å². The third-order valence-electron chi connectivity index (χ3n) is 8.11. The number of unbranched alkanes of at least 4 members (excludes halogenated alkanes) is 12. The van der Waals surface area contributed by atoms with E-state index >= 15 is 0 Å². The Bertz CT molecular complexity index is 1000. The molecule has 0 aromatic heterocycles. The van der Waals surface area contributed by atoms with Crippen LogP contribution >= 0.6 is 7.82 Å². The van der Waals surface area contributed by atoms with Crippen LogP contribution < -0.4 is 0 Å². The lowest BCUT2D eigenvalue weighted by atomic mass is 10.0. The van der Waals surface area contributed by atoms with Gasteiger partial charge in [-0.3, -0.25) is 13.8 Å². The van der Waals surface area contributed by atoms with Crippen LogP contribution in [-0.2, 0) is 27.9 Å². The molecule has 296 valence electrons. The highest BCUT2D eigenvalue weighted by molar-refractivity contribution is 7.47. The lowest BCUT2D eigenvalue weighted by Crippen LogP contribution is -2.37. The minimum atomic E-state index is -4.29. The molecule has 0 radical (unpaired) electrons. The second-order valence-corrected chi connectivity index (χ2v) is 15.7. The van der Waals surface area contributed by atoms with Crippen molar-refractivity contribution in [1.82, 2.24) is 0 Å². The number of hydrogen-bond donors (Lipinski definition) is 1. The van der Waals surface area contributed by atoms with E-state index in [2.05, 4.69) is 74.6 Å². The zero-order chi connectivity index (χ0) is 37.7. The maximum Gasteiger partial charge on any atom is 0.472 e. The molecule has 0 aliphatic rings. The van der Waals surface area contributed by atoms with Crippen LogP contribution in [-0.4, -0.2) is 75.6 Å². The van der Waals surface area contributed by atoms with Gasteiger partial charge < -0.3 is 18.9 Å². The number of quaternary nitrogens is 1. The van der Waals surface area contributed by atoms with E-state index in [1.54, 1.807) is 0 Å². The molecule has 0 saturated carbocycles. The number of allylic oxidation sites excluding steroid dienone is 9. The quantitative estimate of drug-likeness (QED) is 0.0225. The van der Waals surface area contributed by atoms with Crippen molar-refractivity contribution in [3.63, 3.8) is 0 Å². The van der Waals surface area contributed by atoms with Crippen molar-refractivity contribution in [1.29, 1.82) is 0 Å². The molecule has 0 bridgehead atoms. The summed E-state index contributed by atoms with van der Waals surface area (Å²) in [6, 6.07) is 0. The summed E-state index contributed by atoms with van der Waals surface area (Å²) in [5, 5.41) is 0. The number of hydrogen-bond acceptors (Lipinski definition) is 6. The van der Waals surface area contributed by atoms with Gasteiger partial charge in [-0.1, -0.05) is 152 Å². The van der Waals surface area contributed by atoms with Crippen molar-refractivity contribution >= 4 is 13.8 Å². The lowest BCUT2D eigenvalue weighted by Gasteiger charge is -2.24. The van der Waals surface area contributed by atoms with Gasteiger partial charge in [0, 0.05) is 6.42 Å². The summed E-state index contributed by atoms with van der Waals surface area (Å²) in [4.78, 5) is 22.8. The normalized spacial score (nSPS) is 14.5. The van der Waals surface area contributed by atoms with Crippen molar-refractivity contribution < 1.29 is 37.3 Å². The summed E-state index contributed by atoms with van der Waals surface area (Å²) in [5.74, 6) is -0.341. The van der Waals surface area contributed by atoms with E-state index in [0.29, 0.717) is 30.5 Å². The number of phosphoric ester groups is 1. The Morgan fingerprint density at radius 2 is 1.10 bits per heavy atom. The molecular weight excluding hydrogens is 661 g/mol. The predicted octanol–water partition coefficient (Wildman–Crippen LogP) is 11.4. The Hall–Kier alpha value is -1.80. The van der Waals surface area contributed by atoms with E-state index in [4.69, 9.17) is 18.5 Å². The number of nitrogens with zero attached hydrogens (tertiary/aromatic N) is 1. The number of rotatable bonds is 36. The molecule has 9 heteroatoms. The molecule has 0 heterocycles. The number of ether oxygens (including phenoxy) is 2. The van der Waals surface area contributed by atoms with Gasteiger partial charge in [-0.15, -0.1) is 0 Å². The summed E-state index contributed by atoms with van der Waals surface area (Å²) >= 11 is 0. The molecule has 0 rings (SSSR count). The van der Waals surface area contributed by atoms with Crippen molar-refractivity contribution in [2.45, 2.75) is 148 Å². The van der Waals surface area contributed by atoms with Crippen LogP contribution in [0.25, 0.3) is 0 Å². The molecule has 0 spiro atoms. The molecule has 0 aliphatic carbocycles. The molecule has 51 heavy (non-hydrogen) atoms. The molecule has 8 nitrogen and oxygen atoms in total. The van der Waals surface area contributed by atoms with E-state index in [1.165, 1.54) is 64.2 Å². The zero-order valence-corrected chi connectivity index (χ0v) is 34.2. The summed E-state index contributed by atoms with van der Waals surface area (Å²) in [7, 11) is 1.62. The van der Waals surface area contributed by atoms with Gasteiger partial charge in [-0.05, 0) is 44.9 Å². The standard InChI is InChI=1S/C42H76NO7P/c1-6-8-10-12-14-16-18-20-21-22-24-26-28-30-32-34-37-47-39-41(40-49-51(45,46)48-38-36-43(3,4)5)50-42(44)35-33-31-29-27-25-23-19-17-15-13-11-9-7-2/h8,10,14,16,20-21,24,26,30,32,41H,6-7,9,11-13,15,17-19,22-23,25,27-29,31,33-40H2,1-5H3/p+1/b10-8-,16-14-,21-20-,26-24-,32-30-. The van der Waals surface area contributed by atoms with Crippen LogP contribution in [0.5, 0.6) is 0 Å². The first kappa shape index (κ1) is 49.2. The fourth-order valence-electron chi connectivity index (χ4n) is 5.03. The fraction of sp³-hybridized carbons (Fsp3) is 0.738. The largest absolute Gasteiger partial charge is 0.472 e. The number of phosphoric acid groups is 1. The number of esters is 1. The van der Waals surface area contributed by atoms with Gasteiger partial charge in [-0.25, -0.2) is 4.57 Å². The van der Waals surface area contributed by atoms with E-state index in [9.17, 15) is 14.3 Å². The van der Waals surface area contributed by atoms with Gasteiger partial charge in [0.15, 0.2) is 0 Å². The maximum atomic E-state index is 12.6. The minimum Gasteiger partial charge on any atom is -0.457 e. The van der Waals surface area contributed by atoms with Gasteiger partial charge in [0.1, 0.15) is 19.3 Å². The van der Waals surface area contributed by atoms with E-state index < -0.39 is 13.9 Å². The fourth-order valence-corrected chi connectivity index (χ4v) is 5.77. The van der Waals surface area contributed by atoms with Crippen LogP contribution in [0.1, 0.15) is 142 Å². The molecule has 2 atom stereocenters. The predicted molar refractivity (Wildman–Crippen MR) is 215 cm³/mol. The van der Waals surface area contributed by atoms with E-state index in [0.717, 1.165) is 51.4 Å². The summed E-state index contributed by atoms with van der Waals surface area (Å²) in [6.07, 6.45) is 42.7. The van der Waals surface area contributed by atoms with Crippen LogP contribution in [0.15, 0.2) is 60.8 Å². The van der Waals surface area contributed by atoms with Crippen LogP contribution in [0.4, 0.5) is 0 Å². The Morgan fingerprint density at radius 1 is 0.627 bits per heavy atom. The van der Waals surface area contributed by atoms with Gasteiger partial charge in [0.2, 0.25) is 0 Å². The number of likely N-dealkylation sites (N-methyl/N-ethyl adjacent to an activating group) is 1. The van der Waals surface area contributed by atoms with Crippen molar-refractivity contribution in [3.8, 4) is 0 Å². The van der Waals surface area contributed by atoms with Gasteiger partial charge in [0.05, 0.1) is 41.0 Å². The van der Waals surface area contributed by atoms with Crippen LogP contribution in [0.3, 0.4) is 0 Å². The van der Waals surface area contributed by atoms with Crippen molar-refractivity contribution in [3.05, 3.63) is 60.8 Å². The number of carbonyl (C=O) groups excluding carboxylic acids is 1. The minimum absolute atomic E-state index is 0.0739. The number of carbonyl (C=O) groups is 1. The zero-order valence-electron chi connectivity index (χ0n) is 33.3. The third kappa shape index (κ3) is 39.2. The smallest absolute Gasteiger partial charge is 0.457 e. The monoisotopic (exact) mass is 739 g/mol. The Labute approximate surface area is 313 Å².